The second-order valence-corrected chi connectivity index (χ2v) is 11.5. The van der Waals surface area contributed by atoms with Crippen LogP contribution in [0, 0.1) is 111 Å². The van der Waals surface area contributed by atoms with Gasteiger partial charge in [-0.2, -0.15) is 0 Å². The first-order chi connectivity index (χ1) is 15.7. The van der Waals surface area contributed by atoms with Crippen LogP contribution in [0.3, 0.4) is 0 Å². The van der Waals surface area contributed by atoms with E-state index in [1.807, 2.05) is 6.92 Å². The Morgan fingerprint density at radius 3 is 2.40 bits per heavy atom. The number of Topliss-reactive ketones (excluding diaryl/α,β-unsaturated/α-hetero) is 1. The number of ketones is 1. The van der Waals surface area contributed by atoms with Crippen LogP contribution in [0.2, 0.25) is 0 Å². The van der Waals surface area contributed by atoms with E-state index in [1.165, 1.54) is 6.92 Å². The fourth-order valence-corrected chi connectivity index (χ4v) is 7.52. The first-order valence-electron chi connectivity index (χ1n) is 12.1. The summed E-state index contributed by atoms with van der Waals surface area (Å²) in [4.78, 5) is 26.4. The minimum atomic E-state index is -1.81. The maximum absolute atomic E-state index is 14.0. The smallest absolute Gasteiger partial charge is 0.303 e. The first-order valence-corrected chi connectivity index (χ1v) is 12.3. The summed E-state index contributed by atoms with van der Waals surface area (Å²) in [6.07, 6.45) is -3.72. The topological polar surface area (TPSA) is 123 Å². The van der Waals surface area contributed by atoms with Gasteiger partial charge in [0, 0.05) is 131 Å². The average molecular weight is 941 g/mol. The monoisotopic (exact) mass is 940 g/mol. The van der Waals surface area contributed by atoms with Crippen molar-refractivity contribution in [3.05, 3.63) is 11.1 Å². The van der Waals surface area contributed by atoms with Gasteiger partial charge in [0.25, 0.3) is 0 Å². The fourth-order valence-electron chi connectivity index (χ4n) is 7.15. The van der Waals surface area contributed by atoms with Crippen LogP contribution in [0.15, 0.2) is 11.1 Å². The van der Waals surface area contributed by atoms with Crippen LogP contribution in [0.4, 0.5) is 0 Å². The minimum Gasteiger partial charge on any atom is -0.459 e. The van der Waals surface area contributed by atoms with Crippen LogP contribution in [-0.2, 0) is 23.2 Å². The molecule has 4 aliphatic rings. The standard InChI is InChI=1S/C24H36O8S.2Ac/c1-11-8-15-23(28,10-30-15)18-20(31-13(3)25)24(29)9-14(32-33-7)12(2)16(21(24,4)5)17(26)19(27)22(11,18)6;;/h11,14-15,18-20,27-29H,8-10H2,1-7H3;;/t11-,14-,15+,18?,19+,20-,22+,23-,24+;;/m0../s1/i7T;;. The van der Waals surface area contributed by atoms with Crippen LogP contribution in [0.1, 0.15) is 55.8 Å². The Bertz CT molecular complexity index is 934. The van der Waals surface area contributed by atoms with Gasteiger partial charge >= 0.3 is 5.97 Å². The van der Waals surface area contributed by atoms with E-state index >= 15 is 0 Å². The molecule has 0 amide bonds. The molecule has 0 aromatic rings. The Morgan fingerprint density at radius 2 is 1.89 bits per heavy atom. The van der Waals surface area contributed by atoms with E-state index in [4.69, 9.17) is 15.0 Å². The summed E-state index contributed by atoms with van der Waals surface area (Å²) < 4.78 is 24.8. The van der Waals surface area contributed by atoms with Crippen molar-refractivity contribution in [1.29, 1.82) is 0 Å². The summed E-state index contributed by atoms with van der Waals surface area (Å²) in [6.45, 7) is 9.98. The van der Waals surface area contributed by atoms with Crippen molar-refractivity contribution < 1.29 is 128 Å². The number of rotatable bonds is 3. The Morgan fingerprint density at radius 1 is 1.26 bits per heavy atom. The molecule has 9 atom stereocenters. The third-order valence-corrected chi connectivity index (χ3v) is 9.70. The molecule has 2 radical (unpaired) electrons. The van der Waals surface area contributed by atoms with Crippen molar-refractivity contribution in [3.8, 4) is 0 Å². The SMILES string of the molecule is [3H]CSO[C@H]1C[C@@]2(O)[C@@H](OC(C)=O)C3[C@](C)([C@H](O)C(=O)C(=C1C)C2(C)C)[C@@H](C)C[C@H]1OC[C@@]31O.[Ac].[Ac]. The summed E-state index contributed by atoms with van der Waals surface area (Å²) in [5, 5.41) is 36.0. The van der Waals surface area contributed by atoms with Gasteiger partial charge in [0.2, 0.25) is 0 Å². The molecule has 3 aliphatic carbocycles. The van der Waals surface area contributed by atoms with Gasteiger partial charge in [-0.15, -0.1) is 0 Å². The molecule has 1 saturated heterocycles. The van der Waals surface area contributed by atoms with Crippen LogP contribution in [-0.4, -0.2) is 75.5 Å². The molecule has 2 bridgehead atoms. The third-order valence-electron chi connectivity index (χ3n) is 9.33. The van der Waals surface area contributed by atoms with Crippen molar-refractivity contribution in [2.45, 2.75) is 90.0 Å². The summed E-state index contributed by atoms with van der Waals surface area (Å²) in [7, 11) is 0. The minimum absolute atomic E-state index is 0. The Kier molecular flexibility index (Phi) is 9.94. The second kappa shape index (κ2) is 11.1. The van der Waals surface area contributed by atoms with E-state index in [2.05, 4.69) is 0 Å². The molecular formula is C24H36Ac2O8S. The van der Waals surface area contributed by atoms with Crippen molar-refractivity contribution in [2.24, 2.45) is 22.7 Å². The van der Waals surface area contributed by atoms with Crippen molar-refractivity contribution in [3.63, 3.8) is 0 Å². The maximum Gasteiger partial charge on any atom is 0.303 e. The molecule has 35 heavy (non-hydrogen) atoms. The largest absolute Gasteiger partial charge is 0.459 e. The van der Waals surface area contributed by atoms with Crippen LogP contribution in [0.25, 0.3) is 0 Å². The average Bonchev–Trinajstić information content (AvgIpc) is 2.74. The predicted octanol–water partition coefficient (Wildman–Crippen LogP) is 1.79. The van der Waals surface area contributed by atoms with Gasteiger partial charge in [-0.05, 0) is 36.9 Å². The van der Waals surface area contributed by atoms with E-state index in [0.717, 1.165) is 12.0 Å². The van der Waals surface area contributed by atoms with Crippen molar-refractivity contribution >= 4 is 23.8 Å². The molecule has 4 rings (SSSR count). The number of hydrogen-bond donors (Lipinski definition) is 3. The quantitative estimate of drug-likeness (QED) is 0.288. The maximum atomic E-state index is 14.0. The number of esters is 1. The van der Waals surface area contributed by atoms with Crippen molar-refractivity contribution in [1.82, 2.24) is 0 Å². The van der Waals surface area contributed by atoms with E-state index in [-0.39, 0.29) is 119 Å². The summed E-state index contributed by atoms with van der Waals surface area (Å²) in [5.41, 5.74) is -4.92. The van der Waals surface area contributed by atoms with Crippen LogP contribution in [0.5, 0.6) is 0 Å². The molecule has 2 saturated carbocycles. The molecule has 1 heterocycles. The van der Waals surface area contributed by atoms with Gasteiger partial charge in [0.1, 0.15) is 23.4 Å². The number of aliphatic hydroxyl groups excluding tert-OH is 1. The zero-order valence-corrected chi connectivity index (χ0v) is 31.5. The molecule has 1 aliphatic heterocycles. The molecule has 8 nitrogen and oxygen atoms in total. The van der Waals surface area contributed by atoms with Gasteiger partial charge in [-0.25, -0.2) is 0 Å². The van der Waals surface area contributed by atoms with E-state index in [0.29, 0.717) is 12.0 Å². The molecule has 1 unspecified atom stereocenters. The normalized spacial score (nSPS) is 46.3. The summed E-state index contributed by atoms with van der Waals surface area (Å²) in [6, 6.07) is 0. The molecule has 0 spiro atoms. The molecule has 0 aromatic heterocycles. The second-order valence-electron chi connectivity index (χ2n) is 11.1. The van der Waals surface area contributed by atoms with Gasteiger partial charge in [0.05, 0.1) is 18.8 Å². The molecular weight excluding hydrogens is 902 g/mol. The first kappa shape index (κ1) is 31.4. The molecule has 11 heteroatoms. The van der Waals surface area contributed by atoms with E-state index in [9.17, 15) is 24.9 Å². The Hall–Kier alpha value is 1.91. The zero-order chi connectivity index (χ0) is 25.4. The van der Waals surface area contributed by atoms with Crippen LogP contribution < -0.4 is 0 Å². The van der Waals surface area contributed by atoms with Gasteiger partial charge in [0.15, 0.2) is 5.78 Å². The molecule has 3 N–H and O–H groups in total. The van der Waals surface area contributed by atoms with E-state index in [1.54, 1.807) is 27.7 Å². The van der Waals surface area contributed by atoms with Gasteiger partial charge in [-0.1, -0.05) is 27.7 Å². The third kappa shape index (κ3) is 4.58. The molecule has 3 fully saturated rings. The number of fused-ring (bicyclic) bond motifs is 5. The Balaban J connectivity index is 0.00000228. The zero-order valence-electron chi connectivity index (χ0n) is 22.2. The van der Waals surface area contributed by atoms with Gasteiger partial charge < -0.3 is 29.0 Å². The number of aliphatic hydroxyl groups is 3. The predicted molar refractivity (Wildman–Crippen MR) is 121 cm³/mol. The number of carbonyl (C=O) groups excluding carboxylic acids is 2. The summed E-state index contributed by atoms with van der Waals surface area (Å²) in [5.74, 6) is -2.41. The number of ether oxygens (including phenoxy) is 2. The summed E-state index contributed by atoms with van der Waals surface area (Å²) >= 11 is 0.889. The fraction of sp³-hybridized carbons (Fsp3) is 0.833. The number of hydrogen-bond acceptors (Lipinski definition) is 9. The molecule has 192 valence electrons. The molecule has 0 aromatic carbocycles. The van der Waals surface area contributed by atoms with Gasteiger partial charge in [-0.3, -0.25) is 9.59 Å². The number of carbonyl (C=O) groups is 2. The van der Waals surface area contributed by atoms with E-state index < -0.39 is 64.1 Å². The van der Waals surface area contributed by atoms with Crippen LogP contribution >= 0.6 is 12.0 Å². The van der Waals surface area contributed by atoms with Crippen molar-refractivity contribution in [2.75, 3.05) is 12.8 Å². The Labute approximate surface area is 284 Å².